The number of fused-ring (bicyclic) bond motifs is 2. The van der Waals surface area contributed by atoms with Gasteiger partial charge in [-0.15, -0.1) is 0 Å². The first-order valence-electron chi connectivity index (χ1n) is 14.3. The molecule has 3 heterocycles. The first kappa shape index (κ1) is 27.9. The molecule has 2 saturated heterocycles. The van der Waals surface area contributed by atoms with Crippen LogP contribution in [0.5, 0.6) is 5.75 Å². The molecule has 216 valence electrons. The number of hydrogen-bond donors (Lipinski definition) is 2. The third kappa shape index (κ3) is 4.95. The summed E-state index contributed by atoms with van der Waals surface area (Å²) < 4.78 is 35.3. The maximum absolute atomic E-state index is 14.1. The number of benzene rings is 3. The predicted molar refractivity (Wildman–Crippen MR) is 159 cm³/mol. The number of nitrogens with one attached hydrogen (secondary N) is 1. The van der Waals surface area contributed by atoms with Gasteiger partial charge in [-0.25, -0.2) is 8.42 Å². The molecule has 1 unspecified atom stereocenters. The van der Waals surface area contributed by atoms with Gasteiger partial charge in [-0.3, -0.25) is 9.69 Å². The number of rotatable bonds is 5. The first-order valence-corrected chi connectivity index (χ1v) is 15.7. The topological polar surface area (TPSA) is 99.2 Å². The molecule has 3 aliphatic heterocycles. The lowest BCUT2D eigenvalue weighted by atomic mass is 9.74. The van der Waals surface area contributed by atoms with Crippen LogP contribution < -0.4 is 10.1 Å². The number of ether oxygens (including phenoxy) is 1. The van der Waals surface area contributed by atoms with Gasteiger partial charge in [0.15, 0.2) is 6.61 Å². The van der Waals surface area contributed by atoms with E-state index < -0.39 is 10.0 Å². The second-order valence-corrected chi connectivity index (χ2v) is 13.4. The summed E-state index contributed by atoms with van der Waals surface area (Å²) >= 11 is 0. The SMILES string of the molecule is Cc1cc2c(cc1S(=O)(=O)N1CCCCN3C(C1)[C@H](c1ccc(-c4cccc(C)c4C)cc1)[C@H]3CO)OCC(=O)N2. The van der Waals surface area contributed by atoms with Gasteiger partial charge < -0.3 is 15.2 Å². The van der Waals surface area contributed by atoms with Gasteiger partial charge in [0.25, 0.3) is 5.91 Å². The molecule has 3 aliphatic rings. The third-order valence-corrected chi connectivity index (χ3v) is 11.1. The molecule has 41 heavy (non-hydrogen) atoms. The predicted octanol–water partition coefficient (Wildman–Crippen LogP) is 4.22. The highest BCUT2D eigenvalue weighted by molar-refractivity contribution is 7.89. The largest absolute Gasteiger partial charge is 0.482 e. The van der Waals surface area contributed by atoms with Gasteiger partial charge in [-0.05, 0) is 79.6 Å². The lowest BCUT2D eigenvalue weighted by Crippen LogP contribution is -2.67. The third-order valence-electron chi connectivity index (χ3n) is 9.07. The lowest BCUT2D eigenvalue weighted by molar-refractivity contribution is -0.118. The molecule has 0 radical (unpaired) electrons. The average molecular weight is 576 g/mol. The van der Waals surface area contributed by atoms with Crippen LogP contribution in [-0.4, -0.2) is 73.6 Å². The Labute approximate surface area is 242 Å². The minimum absolute atomic E-state index is 0.0200. The van der Waals surface area contributed by atoms with E-state index in [0.29, 0.717) is 30.1 Å². The minimum atomic E-state index is -3.83. The highest BCUT2D eigenvalue weighted by Crippen LogP contribution is 2.43. The molecule has 1 amide bonds. The van der Waals surface area contributed by atoms with Crippen LogP contribution in [0.4, 0.5) is 5.69 Å². The van der Waals surface area contributed by atoms with E-state index in [9.17, 15) is 18.3 Å². The molecular formula is C32H37N3O5S. The number of hydrogen-bond acceptors (Lipinski definition) is 6. The zero-order valence-corrected chi connectivity index (χ0v) is 24.6. The number of nitrogens with zero attached hydrogens (tertiary/aromatic N) is 2. The number of amides is 1. The Bertz CT molecular complexity index is 1590. The maximum atomic E-state index is 14.1. The van der Waals surface area contributed by atoms with Crippen molar-refractivity contribution in [3.05, 3.63) is 76.9 Å². The van der Waals surface area contributed by atoms with Crippen LogP contribution in [0.3, 0.4) is 0 Å². The van der Waals surface area contributed by atoms with Crippen molar-refractivity contribution in [1.82, 2.24) is 9.21 Å². The van der Waals surface area contributed by atoms with Gasteiger partial charge in [0.2, 0.25) is 10.0 Å². The molecule has 8 nitrogen and oxygen atoms in total. The zero-order valence-electron chi connectivity index (χ0n) is 23.8. The summed E-state index contributed by atoms with van der Waals surface area (Å²) in [6.45, 7) is 7.51. The summed E-state index contributed by atoms with van der Waals surface area (Å²) in [7, 11) is -3.83. The van der Waals surface area contributed by atoms with Crippen molar-refractivity contribution in [2.24, 2.45) is 0 Å². The van der Waals surface area contributed by atoms with Crippen LogP contribution in [0.1, 0.15) is 41.0 Å². The molecule has 0 spiro atoms. The van der Waals surface area contributed by atoms with Gasteiger partial charge >= 0.3 is 0 Å². The summed E-state index contributed by atoms with van der Waals surface area (Å²) in [5.74, 6) is 0.132. The van der Waals surface area contributed by atoms with E-state index >= 15 is 0 Å². The van der Waals surface area contributed by atoms with Gasteiger partial charge in [0.1, 0.15) is 5.75 Å². The quantitative estimate of drug-likeness (QED) is 0.473. The summed E-state index contributed by atoms with van der Waals surface area (Å²) in [5, 5.41) is 13.1. The fraction of sp³-hybridized carbons (Fsp3) is 0.406. The Hall–Kier alpha value is -3.24. The number of aryl methyl sites for hydroxylation is 2. The van der Waals surface area contributed by atoms with Crippen molar-refractivity contribution in [2.75, 3.05) is 38.2 Å². The molecule has 3 atom stereocenters. The molecule has 3 aromatic rings. The highest BCUT2D eigenvalue weighted by Gasteiger charge is 2.50. The second-order valence-electron chi connectivity index (χ2n) is 11.5. The standard InChI is InChI=1S/C32H37N3O5S/c1-20-7-6-8-25(22(20)3)23-9-11-24(12-10-23)32-27-17-34(13-4-5-14-35(27)28(32)18-36)41(38,39)30-16-29-26(15-21(30)2)33-31(37)19-40-29/h6-12,15-16,27-28,32,36H,4-5,13-14,17-19H2,1-3H3,(H,33,37)/t27?,28-,32+/m1/s1. The van der Waals surface area contributed by atoms with E-state index in [0.717, 1.165) is 30.5 Å². The van der Waals surface area contributed by atoms with E-state index in [1.807, 2.05) is 0 Å². The number of aliphatic hydroxyl groups excluding tert-OH is 1. The van der Waals surface area contributed by atoms with Gasteiger partial charge in [0, 0.05) is 37.2 Å². The Balaban J connectivity index is 1.29. The van der Waals surface area contributed by atoms with Gasteiger partial charge in [0.05, 0.1) is 17.2 Å². The summed E-state index contributed by atoms with van der Waals surface area (Å²) in [6.07, 6.45) is 1.60. The molecule has 2 N–H and O–H groups in total. The van der Waals surface area contributed by atoms with Gasteiger partial charge in [-0.1, -0.05) is 42.5 Å². The van der Waals surface area contributed by atoms with Crippen molar-refractivity contribution in [3.8, 4) is 16.9 Å². The minimum Gasteiger partial charge on any atom is -0.482 e. The smallest absolute Gasteiger partial charge is 0.262 e. The molecule has 0 aliphatic carbocycles. The molecule has 6 rings (SSSR count). The molecule has 3 aromatic carbocycles. The van der Waals surface area contributed by atoms with Crippen molar-refractivity contribution < 1.29 is 23.1 Å². The molecule has 2 fully saturated rings. The van der Waals surface area contributed by atoms with Crippen LogP contribution in [0, 0.1) is 20.8 Å². The Morgan fingerprint density at radius 2 is 1.76 bits per heavy atom. The fourth-order valence-corrected chi connectivity index (χ4v) is 8.43. The van der Waals surface area contributed by atoms with E-state index in [1.165, 1.54) is 22.8 Å². The zero-order chi connectivity index (χ0) is 28.9. The van der Waals surface area contributed by atoms with Crippen LogP contribution in [0.25, 0.3) is 11.1 Å². The van der Waals surface area contributed by atoms with E-state index in [1.54, 1.807) is 17.3 Å². The number of sulfonamides is 1. The monoisotopic (exact) mass is 575 g/mol. The molecule has 0 saturated carbocycles. The molecule has 0 aromatic heterocycles. The van der Waals surface area contributed by atoms with E-state index in [4.69, 9.17) is 4.74 Å². The number of carbonyl (C=O) groups excluding carboxylic acids is 1. The number of anilines is 1. The van der Waals surface area contributed by atoms with Crippen LogP contribution in [-0.2, 0) is 14.8 Å². The van der Waals surface area contributed by atoms with Crippen LogP contribution >= 0.6 is 0 Å². The summed E-state index contributed by atoms with van der Waals surface area (Å²) in [5.41, 5.74) is 7.04. The maximum Gasteiger partial charge on any atom is 0.262 e. The summed E-state index contributed by atoms with van der Waals surface area (Å²) in [6, 6.07) is 18.0. The second kappa shape index (κ2) is 10.9. The van der Waals surface area contributed by atoms with E-state index in [2.05, 4.69) is 66.5 Å². The lowest BCUT2D eigenvalue weighted by Gasteiger charge is -2.57. The Morgan fingerprint density at radius 3 is 2.51 bits per heavy atom. The van der Waals surface area contributed by atoms with E-state index in [-0.39, 0.29) is 42.0 Å². The van der Waals surface area contributed by atoms with Gasteiger partial charge in [-0.2, -0.15) is 4.31 Å². The normalized spacial score (nSPS) is 23.3. The average Bonchev–Trinajstić information content (AvgIpc) is 2.93. The Morgan fingerprint density at radius 1 is 1.00 bits per heavy atom. The molecular weight excluding hydrogens is 538 g/mol. The Kier molecular flexibility index (Phi) is 7.40. The van der Waals surface area contributed by atoms with Crippen LogP contribution in [0.15, 0.2) is 59.5 Å². The van der Waals surface area contributed by atoms with Crippen LogP contribution in [0.2, 0.25) is 0 Å². The van der Waals surface area contributed by atoms with Crippen molar-refractivity contribution >= 4 is 21.6 Å². The number of carbonyl (C=O) groups is 1. The molecule has 0 bridgehead atoms. The summed E-state index contributed by atoms with van der Waals surface area (Å²) in [4.78, 5) is 14.2. The number of aliphatic hydroxyl groups is 1. The first-order chi connectivity index (χ1) is 19.7. The van der Waals surface area contributed by atoms with Crippen molar-refractivity contribution in [1.29, 1.82) is 0 Å². The van der Waals surface area contributed by atoms with Crippen molar-refractivity contribution in [2.45, 2.75) is 56.5 Å². The fourth-order valence-electron chi connectivity index (χ4n) is 6.71. The highest BCUT2D eigenvalue weighted by atomic mass is 32.2. The van der Waals surface area contributed by atoms with Crippen molar-refractivity contribution in [3.63, 3.8) is 0 Å². The molecule has 9 heteroatoms.